The SMILES string of the molecule is COC[C@@H](O)CN(C)c1nc(N(C)C[C@@H](O)COC)nc(C)c1[N+](=O)[O-]. The third-order valence-corrected chi connectivity index (χ3v) is 3.60. The first kappa shape index (κ1) is 22.0. The number of methoxy groups -OCH3 is 2. The summed E-state index contributed by atoms with van der Waals surface area (Å²) >= 11 is 0. The molecule has 11 heteroatoms. The number of hydrogen-bond donors (Lipinski definition) is 2. The van der Waals surface area contributed by atoms with Crippen molar-refractivity contribution in [1.82, 2.24) is 9.97 Å². The molecule has 0 aliphatic heterocycles. The molecular formula is C15H27N5O6. The molecule has 1 rings (SSSR count). The minimum atomic E-state index is -0.829. The van der Waals surface area contributed by atoms with Gasteiger partial charge in [0.15, 0.2) is 0 Å². The first-order valence-corrected chi connectivity index (χ1v) is 8.00. The minimum absolute atomic E-state index is 0.0840. The van der Waals surface area contributed by atoms with E-state index in [0.29, 0.717) is 0 Å². The average Bonchev–Trinajstić information content (AvgIpc) is 2.53. The number of likely N-dealkylation sites (N-methyl/N-ethyl adjacent to an activating group) is 2. The van der Waals surface area contributed by atoms with Gasteiger partial charge in [-0.25, -0.2) is 4.98 Å². The lowest BCUT2D eigenvalue weighted by Gasteiger charge is -2.25. The summed E-state index contributed by atoms with van der Waals surface area (Å²) in [7, 11) is 6.20. The van der Waals surface area contributed by atoms with Gasteiger partial charge in [0.25, 0.3) is 0 Å². The molecule has 2 atom stereocenters. The molecule has 0 saturated heterocycles. The summed E-state index contributed by atoms with van der Waals surface area (Å²) in [6.07, 6.45) is -1.58. The number of hydrogen-bond acceptors (Lipinski definition) is 10. The molecule has 0 bridgehead atoms. The number of aliphatic hydroxyl groups is 2. The highest BCUT2D eigenvalue weighted by molar-refractivity contribution is 5.62. The van der Waals surface area contributed by atoms with Gasteiger partial charge in [-0.2, -0.15) is 4.98 Å². The predicted octanol–water partition coefficient (Wildman–Crippen LogP) is -0.420. The second-order valence-electron chi connectivity index (χ2n) is 6.02. The van der Waals surface area contributed by atoms with Gasteiger partial charge >= 0.3 is 5.69 Å². The van der Waals surface area contributed by atoms with Crippen molar-refractivity contribution in [2.45, 2.75) is 19.1 Å². The van der Waals surface area contributed by atoms with E-state index >= 15 is 0 Å². The van der Waals surface area contributed by atoms with Gasteiger partial charge in [-0.1, -0.05) is 0 Å². The molecule has 0 aromatic carbocycles. The largest absolute Gasteiger partial charge is 0.389 e. The number of nitrogens with zero attached hydrogens (tertiary/aromatic N) is 5. The van der Waals surface area contributed by atoms with E-state index in [4.69, 9.17) is 9.47 Å². The normalized spacial score (nSPS) is 13.3. The molecule has 0 amide bonds. The van der Waals surface area contributed by atoms with Crippen LogP contribution < -0.4 is 9.80 Å². The summed E-state index contributed by atoms with van der Waals surface area (Å²) in [6.45, 7) is 2.05. The maximum atomic E-state index is 11.4. The van der Waals surface area contributed by atoms with Crippen LogP contribution in [0, 0.1) is 17.0 Å². The van der Waals surface area contributed by atoms with Crippen molar-refractivity contribution < 1.29 is 24.6 Å². The van der Waals surface area contributed by atoms with E-state index in [0.717, 1.165) is 0 Å². The third kappa shape index (κ3) is 6.02. The molecule has 2 N–H and O–H groups in total. The molecule has 0 spiro atoms. The van der Waals surface area contributed by atoms with Gasteiger partial charge in [0, 0.05) is 41.4 Å². The Hall–Kier alpha value is -2.08. The van der Waals surface area contributed by atoms with Gasteiger partial charge < -0.3 is 29.5 Å². The van der Waals surface area contributed by atoms with Gasteiger partial charge in [-0.3, -0.25) is 10.1 Å². The van der Waals surface area contributed by atoms with Crippen molar-refractivity contribution in [3.05, 3.63) is 15.8 Å². The molecule has 148 valence electrons. The predicted molar refractivity (Wildman–Crippen MR) is 95.7 cm³/mol. The molecule has 0 aliphatic carbocycles. The van der Waals surface area contributed by atoms with E-state index in [1.165, 1.54) is 26.0 Å². The van der Waals surface area contributed by atoms with Crippen LogP contribution in [0.2, 0.25) is 0 Å². The van der Waals surface area contributed by atoms with Crippen LogP contribution in [0.1, 0.15) is 5.69 Å². The van der Waals surface area contributed by atoms with E-state index in [2.05, 4.69) is 9.97 Å². The smallest absolute Gasteiger partial charge is 0.332 e. The van der Waals surface area contributed by atoms with Crippen molar-refractivity contribution in [2.24, 2.45) is 0 Å². The van der Waals surface area contributed by atoms with Crippen LogP contribution >= 0.6 is 0 Å². The molecule has 0 unspecified atom stereocenters. The summed E-state index contributed by atoms with van der Waals surface area (Å²) in [6, 6.07) is 0. The van der Waals surface area contributed by atoms with E-state index in [1.807, 2.05) is 0 Å². The quantitative estimate of drug-likeness (QED) is 0.389. The molecular weight excluding hydrogens is 346 g/mol. The van der Waals surface area contributed by atoms with Crippen LogP contribution in [-0.2, 0) is 9.47 Å². The Labute approximate surface area is 152 Å². The molecule has 0 aliphatic rings. The number of anilines is 2. The third-order valence-electron chi connectivity index (χ3n) is 3.60. The molecule has 0 fully saturated rings. The summed E-state index contributed by atoms with van der Waals surface area (Å²) in [5.74, 6) is 0.312. The Bertz CT molecular complexity index is 602. The summed E-state index contributed by atoms with van der Waals surface area (Å²) in [5.41, 5.74) is -0.0390. The van der Waals surface area contributed by atoms with Crippen LogP contribution in [0.3, 0.4) is 0 Å². The number of aryl methyl sites for hydroxylation is 1. The molecule has 0 saturated carbocycles. The molecule has 11 nitrogen and oxygen atoms in total. The highest BCUT2D eigenvalue weighted by Gasteiger charge is 2.27. The zero-order chi connectivity index (χ0) is 19.9. The van der Waals surface area contributed by atoms with Gasteiger partial charge in [-0.05, 0) is 6.92 Å². The zero-order valence-electron chi connectivity index (χ0n) is 15.7. The average molecular weight is 373 g/mol. The highest BCUT2D eigenvalue weighted by Crippen LogP contribution is 2.30. The molecule has 26 heavy (non-hydrogen) atoms. The number of nitro groups is 1. The second kappa shape index (κ2) is 10.2. The zero-order valence-corrected chi connectivity index (χ0v) is 15.7. The summed E-state index contributed by atoms with van der Waals surface area (Å²) in [4.78, 5) is 22.4. The lowest BCUT2D eigenvalue weighted by Crippen LogP contribution is -2.35. The Morgan fingerprint density at radius 2 is 1.58 bits per heavy atom. The highest BCUT2D eigenvalue weighted by atomic mass is 16.6. The van der Waals surface area contributed by atoms with Crippen LogP contribution in [0.4, 0.5) is 17.5 Å². The second-order valence-corrected chi connectivity index (χ2v) is 6.02. The standard InChI is InChI=1S/C15H27N5O6/c1-10-13(20(23)24)14(18(2)6-11(21)8-25-4)17-15(16-10)19(3)7-12(22)9-26-5/h11-12,21-22H,6-9H2,1-5H3/t11-,12+/m0/s1. The van der Waals surface area contributed by atoms with Crippen molar-refractivity contribution in [2.75, 3.05) is 64.4 Å². The van der Waals surface area contributed by atoms with Gasteiger partial charge in [-0.15, -0.1) is 0 Å². The molecule has 0 radical (unpaired) electrons. The Morgan fingerprint density at radius 1 is 1.08 bits per heavy atom. The lowest BCUT2D eigenvalue weighted by molar-refractivity contribution is -0.385. The van der Waals surface area contributed by atoms with Crippen molar-refractivity contribution in [3.63, 3.8) is 0 Å². The summed E-state index contributed by atoms with van der Waals surface area (Å²) < 4.78 is 9.77. The molecule has 1 heterocycles. The first-order chi connectivity index (χ1) is 12.2. The van der Waals surface area contributed by atoms with Gasteiger partial charge in [0.1, 0.15) is 5.69 Å². The fourth-order valence-corrected chi connectivity index (χ4v) is 2.48. The van der Waals surface area contributed by atoms with Crippen molar-refractivity contribution in [1.29, 1.82) is 0 Å². The Morgan fingerprint density at radius 3 is 2.04 bits per heavy atom. The number of aliphatic hydroxyl groups excluding tert-OH is 2. The van der Waals surface area contributed by atoms with Crippen LogP contribution in [-0.4, -0.2) is 91.9 Å². The van der Waals surface area contributed by atoms with E-state index in [-0.39, 0.29) is 49.5 Å². The molecule has 1 aromatic rings. The van der Waals surface area contributed by atoms with Gasteiger partial charge in [0.2, 0.25) is 11.8 Å². The topological polar surface area (TPSA) is 134 Å². The first-order valence-electron chi connectivity index (χ1n) is 8.00. The van der Waals surface area contributed by atoms with E-state index in [1.54, 1.807) is 19.0 Å². The monoisotopic (exact) mass is 373 g/mol. The Kier molecular flexibility index (Phi) is 8.58. The van der Waals surface area contributed by atoms with E-state index < -0.39 is 17.1 Å². The van der Waals surface area contributed by atoms with Gasteiger partial charge in [0.05, 0.1) is 30.3 Å². The van der Waals surface area contributed by atoms with Crippen LogP contribution in [0.15, 0.2) is 0 Å². The molecule has 1 aromatic heterocycles. The fraction of sp³-hybridized carbons (Fsp3) is 0.733. The number of rotatable bonds is 11. The van der Waals surface area contributed by atoms with Crippen LogP contribution in [0.5, 0.6) is 0 Å². The van der Waals surface area contributed by atoms with E-state index in [9.17, 15) is 20.3 Å². The Balaban J connectivity index is 3.16. The van der Waals surface area contributed by atoms with Crippen LogP contribution in [0.25, 0.3) is 0 Å². The van der Waals surface area contributed by atoms with Crippen molar-refractivity contribution in [3.8, 4) is 0 Å². The van der Waals surface area contributed by atoms with Crippen molar-refractivity contribution >= 4 is 17.5 Å². The number of ether oxygens (including phenoxy) is 2. The maximum absolute atomic E-state index is 11.4. The summed E-state index contributed by atoms with van der Waals surface area (Å²) in [5, 5.41) is 31.2. The lowest BCUT2D eigenvalue weighted by atomic mass is 10.3. The minimum Gasteiger partial charge on any atom is -0.389 e. The maximum Gasteiger partial charge on any atom is 0.332 e. The number of aromatic nitrogens is 2. The fourth-order valence-electron chi connectivity index (χ4n) is 2.48.